The van der Waals surface area contributed by atoms with Gasteiger partial charge in [0.2, 0.25) is 5.91 Å². The second-order valence-corrected chi connectivity index (χ2v) is 10.0. The number of halogens is 1. The van der Waals surface area contributed by atoms with Gasteiger partial charge in [0.05, 0.1) is 5.69 Å². The third kappa shape index (κ3) is 5.61. The first-order valence-electron chi connectivity index (χ1n) is 9.32. The lowest BCUT2D eigenvalue weighted by Crippen LogP contribution is -2.53. The third-order valence-electron chi connectivity index (χ3n) is 4.35. The predicted molar refractivity (Wildman–Crippen MR) is 109 cm³/mol. The molecule has 150 valence electrons. The van der Waals surface area contributed by atoms with Gasteiger partial charge >= 0.3 is 0 Å². The van der Waals surface area contributed by atoms with Crippen molar-refractivity contribution >= 4 is 29.1 Å². The Labute approximate surface area is 167 Å². The lowest BCUT2D eigenvalue weighted by atomic mass is 9.82. The van der Waals surface area contributed by atoms with Crippen molar-refractivity contribution in [3.05, 3.63) is 23.2 Å². The summed E-state index contributed by atoms with van der Waals surface area (Å²) in [5.41, 5.74) is -0.585. The summed E-state index contributed by atoms with van der Waals surface area (Å²) in [5, 5.41) is 3.61. The maximum Gasteiger partial charge on any atom is 0.270 e. The van der Waals surface area contributed by atoms with Crippen LogP contribution < -0.4 is 15.0 Å². The molecule has 0 aromatic heterocycles. The predicted octanol–water partition coefficient (Wildman–Crippen LogP) is 4.57. The summed E-state index contributed by atoms with van der Waals surface area (Å²) < 4.78 is 5.81. The minimum atomic E-state index is -0.983. The lowest BCUT2D eigenvalue weighted by Gasteiger charge is -2.39. The summed E-state index contributed by atoms with van der Waals surface area (Å²) in [6, 6.07) is 5.18. The van der Waals surface area contributed by atoms with E-state index < -0.39 is 5.60 Å². The smallest absolute Gasteiger partial charge is 0.270 e. The molecule has 1 aromatic rings. The Balaban J connectivity index is 2.11. The number of nitrogens with one attached hydrogen (secondary N) is 1. The molecule has 1 aliphatic rings. The van der Waals surface area contributed by atoms with E-state index in [9.17, 15) is 9.59 Å². The molecule has 1 aliphatic heterocycles. The van der Waals surface area contributed by atoms with Crippen molar-refractivity contribution in [1.82, 2.24) is 5.32 Å². The topological polar surface area (TPSA) is 58.6 Å². The average Bonchev–Trinajstić information content (AvgIpc) is 2.45. The number of amides is 2. The normalized spacial score (nSPS) is 16.6. The third-order valence-corrected chi connectivity index (χ3v) is 4.58. The van der Waals surface area contributed by atoms with Gasteiger partial charge in [-0.3, -0.25) is 9.59 Å². The highest BCUT2D eigenvalue weighted by molar-refractivity contribution is 6.31. The van der Waals surface area contributed by atoms with E-state index in [1.165, 1.54) is 0 Å². The van der Waals surface area contributed by atoms with Crippen LogP contribution in [0.5, 0.6) is 5.75 Å². The van der Waals surface area contributed by atoms with Crippen molar-refractivity contribution in [3.63, 3.8) is 0 Å². The zero-order chi connectivity index (χ0) is 20.6. The van der Waals surface area contributed by atoms with Crippen molar-refractivity contribution in [1.29, 1.82) is 0 Å². The van der Waals surface area contributed by atoms with Crippen LogP contribution >= 0.6 is 11.6 Å². The Bertz CT molecular complexity index is 735. The number of carbonyl (C=O) groups excluding carboxylic acids is 2. The monoisotopic (exact) mass is 394 g/mol. The van der Waals surface area contributed by atoms with E-state index in [2.05, 4.69) is 26.1 Å². The fourth-order valence-electron chi connectivity index (χ4n) is 3.79. The Morgan fingerprint density at radius 1 is 1.22 bits per heavy atom. The van der Waals surface area contributed by atoms with Crippen LogP contribution in [0.2, 0.25) is 5.02 Å². The van der Waals surface area contributed by atoms with Gasteiger partial charge in [-0.25, -0.2) is 0 Å². The minimum absolute atomic E-state index is 0.0788. The number of nitrogens with zero attached hydrogens (tertiary/aromatic N) is 1. The number of benzene rings is 1. The van der Waals surface area contributed by atoms with Crippen LogP contribution in [0.1, 0.15) is 61.3 Å². The first kappa shape index (κ1) is 21.5. The molecule has 1 aromatic carbocycles. The molecule has 0 spiro atoms. The second kappa shape index (κ2) is 7.34. The second-order valence-electron chi connectivity index (χ2n) is 9.60. The number of hydrogen-bond acceptors (Lipinski definition) is 3. The Morgan fingerprint density at radius 3 is 2.44 bits per heavy atom. The van der Waals surface area contributed by atoms with E-state index >= 15 is 0 Å². The Kier molecular flexibility index (Phi) is 5.86. The van der Waals surface area contributed by atoms with E-state index in [4.69, 9.17) is 16.3 Å². The standard InChI is InChI=1S/C21H31ClN2O3/c1-19(2,3)13-20(4,5)23-17(25)10-11-24-15-12-14(22)8-9-16(15)27-21(6,7)18(24)26/h8-9,12H,10-11,13H2,1-7H3,(H,23,25). The number of anilines is 1. The van der Waals surface area contributed by atoms with Crippen LogP contribution in [-0.4, -0.2) is 29.5 Å². The number of hydrogen-bond donors (Lipinski definition) is 1. The van der Waals surface area contributed by atoms with Gasteiger partial charge in [-0.05, 0) is 57.7 Å². The largest absolute Gasteiger partial charge is 0.476 e. The van der Waals surface area contributed by atoms with Crippen LogP contribution in [0, 0.1) is 5.41 Å². The molecule has 2 amide bonds. The van der Waals surface area contributed by atoms with E-state index in [0.717, 1.165) is 6.42 Å². The van der Waals surface area contributed by atoms with Crippen molar-refractivity contribution in [2.75, 3.05) is 11.4 Å². The van der Waals surface area contributed by atoms with Crippen molar-refractivity contribution in [2.24, 2.45) is 5.41 Å². The fourth-order valence-corrected chi connectivity index (χ4v) is 3.95. The molecule has 1 heterocycles. The molecule has 5 nitrogen and oxygen atoms in total. The summed E-state index contributed by atoms with van der Waals surface area (Å²) in [7, 11) is 0. The van der Waals surface area contributed by atoms with Gasteiger partial charge in [0.25, 0.3) is 5.91 Å². The molecule has 1 N–H and O–H groups in total. The van der Waals surface area contributed by atoms with Crippen LogP contribution in [0.25, 0.3) is 0 Å². The molecule has 0 atom stereocenters. The van der Waals surface area contributed by atoms with Crippen LogP contribution in [0.3, 0.4) is 0 Å². The molecule has 0 radical (unpaired) electrons. The van der Waals surface area contributed by atoms with Gasteiger partial charge < -0.3 is 15.0 Å². The highest BCUT2D eigenvalue weighted by Gasteiger charge is 2.41. The molecule has 0 fully saturated rings. The van der Waals surface area contributed by atoms with Crippen molar-refractivity contribution in [3.8, 4) is 5.75 Å². The van der Waals surface area contributed by atoms with E-state index in [1.807, 2.05) is 13.8 Å². The molecule has 0 unspecified atom stereocenters. The minimum Gasteiger partial charge on any atom is -0.476 e. The average molecular weight is 395 g/mol. The molecule has 2 rings (SSSR count). The first-order chi connectivity index (χ1) is 12.2. The zero-order valence-electron chi connectivity index (χ0n) is 17.4. The van der Waals surface area contributed by atoms with Crippen LogP contribution in [0.4, 0.5) is 5.69 Å². The van der Waals surface area contributed by atoms with Gasteiger partial charge in [0, 0.05) is 23.5 Å². The maximum atomic E-state index is 12.8. The number of ether oxygens (including phenoxy) is 1. The highest BCUT2D eigenvalue weighted by atomic mass is 35.5. The van der Waals surface area contributed by atoms with E-state index in [1.54, 1.807) is 36.9 Å². The quantitative estimate of drug-likeness (QED) is 0.796. The van der Waals surface area contributed by atoms with Crippen molar-refractivity contribution in [2.45, 2.75) is 72.4 Å². The fraction of sp³-hybridized carbons (Fsp3) is 0.619. The van der Waals surface area contributed by atoms with Crippen molar-refractivity contribution < 1.29 is 14.3 Å². The lowest BCUT2D eigenvalue weighted by molar-refractivity contribution is -0.132. The van der Waals surface area contributed by atoms with Crippen LogP contribution in [0.15, 0.2) is 18.2 Å². The molecular formula is C21H31ClN2O3. The summed E-state index contributed by atoms with van der Waals surface area (Å²) in [6.45, 7) is 14.2. The summed E-state index contributed by atoms with van der Waals surface area (Å²) >= 11 is 6.10. The Morgan fingerprint density at radius 2 is 1.85 bits per heavy atom. The van der Waals surface area contributed by atoms with Gasteiger partial charge in [0.15, 0.2) is 5.60 Å². The first-order valence-corrected chi connectivity index (χ1v) is 9.70. The SMILES string of the molecule is CC(C)(C)CC(C)(C)NC(=O)CCN1C(=O)C(C)(C)Oc2ccc(Cl)cc21. The van der Waals surface area contributed by atoms with Crippen LogP contribution in [-0.2, 0) is 9.59 Å². The molecule has 0 saturated carbocycles. The highest BCUT2D eigenvalue weighted by Crippen LogP contribution is 2.39. The maximum absolute atomic E-state index is 12.8. The molecule has 0 saturated heterocycles. The molecule has 6 heteroatoms. The number of fused-ring (bicyclic) bond motifs is 1. The molecule has 0 bridgehead atoms. The summed E-state index contributed by atoms with van der Waals surface area (Å²) in [5.74, 6) is 0.335. The van der Waals surface area contributed by atoms with E-state index in [0.29, 0.717) is 16.5 Å². The van der Waals surface area contributed by atoms with Gasteiger partial charge in [0.1, 0.15) is 5.75 Å². The number of rotatable bonds is 5. The zero-order valence-corrected chi connectivity index (χ0v) is 18.2. The summed E-state index contributed by atoms with van der Waals surface area (Å²) in [4.78, 5) is 27.0. The molecule has 27 heavy (non-hydrogen) atoms. The summed E-state index contributed by atoms with van der Waals surface area (Å²) in [6.07, 6.45) is 1.06. The molecular weight excluding hydrogens is 364 g/mol. The number of carbonyl (C=O) groups is 2. The van der Waals surface area contributed by atoms with Gasteiger partial charge in [-0.1, -0.05) is 32.4 Å². The molecule has 0 aliphatic carbocycles. The van der Waals surface area contributed by atoms with E-state index in [-0.39, 0.29) is 35.7 Å². The van der Waals surface area contributed by atoms with Gasteiger partial charge in [-0.2, -0.15) is 0 Å². The Hall–Kier alpha value is -1.75. The van der Waals surface area contributed by atoms with Gasteiger partial charge in [-0.15, -0.1) is 0 Å².